The fraction of sp³-hybridized carbons (Fsp3) is 0.300. The van der Waals surface area contributed by atoms with Crippen LogP contribution in [0.4, 0.5) is 0 Å². The molecule has 3 heteroatoms. The maximum atomic E-state index is 4.81. The van der Waals surface area contributed by atoms with Gasteiger partial charge in [-0.2, -0.15) is 0 Å². The maximum Gasteiger partial charge on any atom is 0.0706 e. The van der Waals surface area contributed by atoms with Gasteiger partial charge in [0.1, 0.15) is 0 Å². The zero-order valence-corrected chi connectivity index (χ0v) is 14.1. The topological polar surface area (TPSA) is 30.5 Å². The van der Waals surface area contributed by atoms with Crippen molar-refractivity contribution in [2.45, 2.75) is 26.7 Å². The molecule has 0 aliphatic heterocycles. The predicted molar refractivity (Wildman–Crippen MR) is 96.6 cm³/mol. The van der Waals surface area contributed by atoms with Crippen molar-refractivity contribution in [3.05, 3.63) is 78.4 Å². The van der Waals surface area contributed by atoms with Gasteiger partial charge in [0.15, 0.2) is 0 Å². The Labute approximate surface area is 139 Å². The van der Waals surface area contributed by atoms with Crippen molar-refractivity contribution in [1.82, 2.24) is 5.64 Å². The van der Waals surface area contributed by atoms with E-state index in [0.717, 1.165) is 18.4 Å². The van der Waals surface area contributed by atoms with Gasteiger partial charge in [-0.1, -0.05) is 86.7 Å². The molecule has 0 aliphatic rings. The molecule has 2 rings (SSSR count). The summed E-state index contributed by atoms with van der Waals surface area (Å²) in [6.07, 6.45) is 2.00. The first-order valence-electron chi connectivity index (χ1n) is 8.07. The molecule has 0 radical (unpaired) electrons. The first kappa shape index (κ1) is 19.1. The summed E-state index contributed by atoms with van der Waals surface area (Å²) in [4.78, 5) is 9.63. The highest BCUT2D eigenvalue weighted by atomic mass is 16.9. The summed E-state index contributed by atoms with van der Waals surface area (Å²) in [5.74, 6) is 0. The molecule has 2 aromatic carbocycles. The third-order valence-electron chi connectivity index (χ3n) is 2.97. The first-order chi connectivity index (χ1) is 11.3. The first-order valence-corrected chi connectivity index (χ1v) is 8.07. The maximum absolute atomic E-state index is 4.81. The number of hydrogen-bond acceptors (Lipinski definition) is 3. The second kappa shape index (κ2) is 12.6. The van der Waals surface area contributed by atoms with Crippen LogP contribution in [0.1, 0.15) is 37.8 Å². The zero-order valence-electron chi connectivity index (χ0n) is 14.1. The molecule has 1 N–H and O–H groups in total. The van der Waals surface area contributed by atoms with Gasteiger partial charge in [0.25, 0.3) is 0 Å². The van der Waals surface area contributed by atoms with Crippen molar-refractivity contribution in [1.29, 1.82) is 0 Å². The van der Waals surface area contributed by atoms with E-state index >= 15 is 0 Å². The van der Waals surface area contributed by atoms with E-state index in [1.807, 2.05) is 50.2 Å². The molecule has 124 valence electrons. The lowest BCUT2D eigenvalue weighted by molar-refractivity contribution is -0.170. The van der Waals surface area contributed by atoms with Crippen LogP contribution in [-0.4, -0.2) is 13.2 Å². The summed E-state index contributed by atoms with van der Waals surface area (Å²) in [6, 6.07) is 20.5. The van der Waals surface area contributed by atoms with E-state index in [-0.39, 0.29) is 0 Å². The molecule has 0 heterocycles. The second-order valence-corrected chi connectivity index (χ2v) is 4.99. The highest BCUT2D eigenvalue weighted by Crippen LogP contribution is 2.20. The minimum Gasteiger partial charge on any atom is -0.277 e. The third kappa shape index (κ3) is 8.31. The number of nitrogens with one attached hydrogen (secondary N) is 1. The van der Waals surface area contributed by atoms with Crippen molar-refractivity contribution < 1.29 is 9.68 Å². The molecular formula is C20H27NO2. The molecule has 0 spiro atoms. The fourth-order valence-electron chi connectivity index (χ4n) is 1.77. The quantitative estimate of drug-likeness (QED) is 0.549. The Hall–Kier alpha value is -1.94. The molecule has 2 aromatic rings. The van der Waals surface area contributed by atoms with Gasteiger partial charge in [-0.15, -0.1) is 0 Å². The summed E-state index contributed by atoms with van der Waals surface area (Å²) < 4.78 is 0. The highest BCUT2D eigenvalue weighted by molar-refractivity contribution is 5.77. The van der Waals surface area contributed by atoms with Crippen molar-refractivity contribution in [2.24, 2.45) is 0 Å². The van der Waals surface area contributed by atoms with Crippen LogP contribution < -0.4 is 5.64 Å². The van der Waals surface area contributed by atoms with Gasteiger partial charge in [-0.25, -0.2) is 0 Å². The van der Waals surface area contributed by atoms with E-state index < -0.39 is 0 Å². The van der Waals surface area contributed by atoms with Crippen LogP contribution in [0.3, 0.4) is 0 Å². The average Bonchev–Trinajstić information content (AvgIpc) is 2.63. The Balaban J connectivity index is 0.000000257. The van der Waals surface area contributed by atoms with Crippen LogP contribution in [0.15, 0.2) is 67.2 Å². The van der Waals surface area contributed by atoms with Gasteiger partial charge in [0, 0.05) is 0 Å². The van der Waals surface area contributed by atoms with Gasteiger partial charge < -0.3 is 0 Å². The molecule has 0 aromatic heterocycles. The lowest BCUT2D eigenvalue weighted by atomic mass is 10.0. The van der Waals surface area contributed by atoms with E-state index in [0.29, 0.717) is 13.2 Å². The van der Waals surface area contributed by atoms with Gasteiger partial charge in [0.05, 0.1) is 13.2 Å². The monoisotopic (exact) mass is 313 g/mol. The summed E-state index contributed by atoms with van der Waals surface area (Å²) >= 11 is 0. The molecular weight excluding hydrogens is 286 g/mol. The van der Waals surface area contributed by atoms with Crippen LogP contribution in [-0.2, 0) is 9.68 Å². The molecule has 0 fully saturated rings. The van der Waals surface area contributed by atoms with Crippen LogP contribution in [0.25, 0.3) is 5.57 Å². The van der Waals surface area contributed by atoms with Crippen molar-refractivity contribution in [3.63, 3.8) is 0 Å². The predicted octanol–water partition coefficient (Wildman–Crippen LogP) is 5.01. The van der Waals surface area contributed by atoms with Crippen LogP contribution in [0.5, 0.6) is 0 Å². The highest BCUT2D eigenvalue weighted by Gasteiger charge is 1.99. The standard InChI is InChI=1S/C14H12.C6H15NO2/c1-12(13-8-4-2-5-9-13)14-10-6-3-7-11-14;1-3-5-8-7-9-6-4-2/h2-11H,1H2;7H,3-6H2,1-2H3. The van der Waals surface area contributed by atoms with Crippen molar-refractivity contribution >= 4 is 5.57 Å². The van der Waals surface area contributed by atoms with Crippen LogP contribution in [0.2, 0.25) is 0 Å². The SMILES string of the molecule is C=C(c1ccccc1)c1ccccc1.CCCONOCCC. The Kier molecular flexibility index (Phi) is 10.5. The Bertz CT molecular complexity index is 478. The molecule has 0 aliphatic carbocycles. The second-order valence-electron chi connectivity index (χ2n) is 4.99. The smallest absolute Gasteiger partial charge is 0.0706 e. The van der Waals surface area contributed by atoms with E-state index in [4.69, 9.17) is 9.68 Å². The minimum absolute atomic E-state index is 0.698. The molecule has 0 unspecified atom stereocenters. The number of hydrogen-bond donors (Lipinski definition) is 1. The molecule has 0 saturated heterocycles. The van der Waals surface area contributed by atoms with Gasteiger partial charge in [-0.05, 0) is 29.5 Å². The molecule has 0 atom stereocenters. The zero-order chi connectivity index (χ0) is 16.8. The number of benzene rings is 2. The summed E-state index contributed by atoms with van der Waals surface area (Å²) in [6.45, 7) is 9.58. The Morgan fingerprint density at radius 3 is 1.52 bits per heavy atom. The Morgan fingerprint density at radius 1 is 0.783 bits per heavy atom. The minimum atomic E-state index is 0.698. The third-order valence-corrected chi connectivity index (χ3v) is 2.97. The summed E-state index contributed by atoms with van der Waals surface area (Å²) in [5, 5.41) is 0. The van der Waals surface area contributed by atoms with Crippen LogP contribution >= 0.6 is 0 Å². The molecule has 3 nitrogen and oxygen atoms in total. The normalized spacial score (nSPS) is 9.83. The summed E-state index contributed by atoms with van der Waals surface area (Å²) in [7, 11) is 0. The number of rotatable bonds is 8. The van der Waals surface area contributed by atoms with Crippen molar-refractivity contribution in [3.8, 4) is 0 Å². The largest absolute Gasteiger partial charge is 0.277 e. The van der Waals surface area contributed by atoms with E-state index in [2.05, 4.69) is 36.5 Å². The van der Waals surface area contributed by atoms with Crippen molar-refractivity contribution in [2.75, 3.05) is 13.2 Å². The Morgan fingerprint density at radius 2 is 1.17 bits per heavy atom. The lowest BCUT2D eigenvalue weighted by Crippen LogP contribution is -2.16. The van der Waals surface area contributed by atoms with E-state index in [1.165, 1.54) is 11.1 Å². The van der Waals surface area contributed by atoms with E-state index in [1.54, 1.807) is 0 Å². The molecule has 0 saturated carbocycles. The average molecular weight is 313 g/mol. The molecule has 0 bridgehead atoms. The lowest BCUT2D eigenvalue weighted by Gasteiger charge is -2.04. The molecule has 0 amide bonds. The fourth-order valence-corrected chi connectivity index (χ4v) is 1.77. The van der Waals surface area contributed by atoms with Gasteiger partial charge in [0.2, 0.25) is 0 Å². The molecule has 23 heavy (non-hydrogen) atoms. The van der Waals surface area contributed by atoms with E-state index in [9.17, 15) is 0 Å². The summed E-state index contributed by atoms with van der Waals surface area (Å²) in [5.41, 5.74) is 5.82. The van der Waals surface area contributed by atoms with Gasteiger partial charge >= 0.3 is 0 Å². The van der Waals surface area contributed by atoms with Gasteiger partial charge in [-0.3, -0.25) is 9.68 Å². The van der Waals surface area contributed by atoms with Crippen LogP contribution in [0, 0.1) is 0 Å².